The molecule has 0 radical (unpaired) electrons. The van der Waals surface area contributed by atoms with Gasteiger partial charge in [-0.25, -0.2) is 4.98 Å². The molecule has 0 unspecified atom stereocenters. The molecular formula is C24H27ClN2O2S. The smallest absolute Gasteiger partial charge is 0.254 e. The van der Waals surface area contributed by atoms with Crippen molar-refractivity contribution < 1.29 is 9.53 Å². The zero-order chi connectivity index (χ0) is 21.8. The number of benzene rings is 2. The van der Waals surface area contributed by atoms with Gasteiger partial charge in [0.25, 0.3) is 5.91 Å². The first-order valence-corrected chi connectivity index (χ1v) is 11.2. The molecule has 1 heterocycles. The van der Waals surface area contributed by atoms with Crippen molar-refractivity contribution >= 4 is 28.8 Å². The van der Waals surface area contributed by atoms with E-state index in [4.69, 9.17) is 21.3 Å². The topological polar surface area (TPSA) is 42.4 Å². The number of aryl methyl sites for hydroxylation is 2. The lowest BCUT2D eigenvalue weighted by Gasteiger charge is -2.26. The van der Waals surface area contributed by atoms with Crippen LogP contribution >= 0.6 is 22.9 Å². The van der Waals surface area contributed by atoms with Crippen molar-refractivity contribution in [1.82, 2.24) is 9.88 Å². The van der Waals surface area contributed by atoms with E-state index in [1.807, 2.05) is 24.1 Å². The first kappa shape index (κ1) is 22.3. The Morgan fingerprint density at radius 3 is 2.53 bits per heavy atom. The number of carbonyl (C=O) groups is 1. The molecule has 0 saturated heterocycles. The first-order valence-electron chi connectivity index (χ1n) is 9.95. The Bertz CT molecular complexity index is 1030. The molecule has 0 spiro atoms. The van der Waals surface area contributed by atoms with Gasteiger partial charge in [-0.3, -0.25) is 4.79 Å². The van der Waals surface area contributed by atoms with Crippen LogP contribution in [0.5, 0.6) is 5.75 Å². The molecule has 0 saturated carbocycles. The molecule has 4 nitrogen and oxygen atoms in total. The summed E-state index contributed by atoms with van der Waals surface area (Å²) in [6.07, 6.45) is 0. The maximum atomic E-state index is 13.0. The van der Waals surface area contributed by atoms with Crippen LogP contribution in [-0.4, -0.2) is 21.8 Å². The van der Waals surface area contributed by atoms with Gasteiger partial charge in [-0.1, -0.05) is 17.7 Å². The van der Waals surface area contributed by atoms with E-state index in [1.165, 1.54) is 11.1 Å². The first-order chi connectivity index (χ1) is 14.2. The zero-order valence-corrected chi connectivity index (χ0v) is 19.6. The molecule has 1 amide bonds. The van der Waals surface area contributed by atoms with Crippen molar-refractivity contribution in [1.29, 1.82) is 0 Å². The van der Waals surface area contributed by atoms with Gasteiger partial charge in [-0.2, -0.15) is 0 Å². The van der Waals surface area contributed by atoms with E-state index in [1.54, 1.807) is 35.6 Å². The highest BCUT2D eigenvalue weighted by atomic mass is 35.5. The quantitative estimate of drug-likeness (QED) is 0.428. The van der Waals surface area contributed by atoms with Gasteiger partial charge in [0.05, 0.1) is 12.2 Å². The van der Waals surface area contributed by atoms with Crippen LogP contribution < -0.4 is 4.74 Å². The second-order valence-corrected chi connectivity index (χ2v) is 9.14. The monoisotopic (exact) mass is 442 g/mol. The fourth-order valence-electron chi connectivity index (χ4n) is 3.20. The molecule has 30 heavy (non-hydrogen) atoms. The van der Waals surface area contributed by atoms with Crippen LogP contribution in [0.4, 0.5) is 0 Å². The largest absolute Gasteiger partial charge is 0.486 e. The summed E-state index contributed by atoms with van der Waals surface area (Å²) < 4.78 is 6.03. The summed E-state index contributed by atoms with van der Waals surface area (Å²) in [6.45, 7) is 11.1. The fraction of sp³-hybridized carbons (Fsp3) is 0.333. The number of hydrogen-bond acceptors (Lipinski definition) is 4. The molecule has 0 aliphatic heterocycles. The zero-order valence-electron chi connectivity index (χ0n) is 18.0. The standard InChI is InChI=1S/C24H27ClN2O2S/c1-15(2)27(24(28)19-6-8-20(25)9-7-19)12-21-14-30-23(26-21)13-29-22-11-16(3)10-17(4)18(22)5/h6-11,14-15H,12-13H2,1-5H3. The molecule has 0 N–H and O–H groups in total. The predicted octanol–water partition coefficient (Wildman–Crippen LogP) is 6.35. The van der Waals surface area contributed by atoms with Crippen LogP contribution in [-0.2, 0) is 13.2 Å². The van der Waals surface area contributed by atoms with E-state index in [0.29, 0.717) is 23.7 Å². The van der Waals surface area contributed by atoms with Gasteiger partial charge in [-0.05, 0) is 81.6 Å². The molecule has 6 heteroatoms. The predicted molar refractivity (Wildman–Crippen MR) is 124 cm³/mol. The molecule has 0 bridgehead atoms. The van der Waals surface area contributed by atoms with E-state index in [-0.39, 0.29) is 11.9 Å². The lowest BCUT2D eigenvalue weighted by Crippen LogP contribution is -2.36. The van der Waals surface area contributed by atoms with Gasteiger partial charge in [0.2, 0.25) is 0 Å². The van der Waals surface area contributed by atoms with Gasteiger partial charge < -0.3 is 9.64 Å². The van der Waals surface area contributed by atoms with Crippen LogP contribution in [0.2, 0.25) is 5.02 Å². The number of carbonyl (C=O) groups excluding carboxylic acids is 1. The molecule has 3 aromatic rings. The summed E-state index contributed by atoms with van der Waals surface area (Å²) in [5.41, 5.74) is 5.04. The minimum absolute atomic E-state index is 0.0293. The minimum Gasteiger partial charge on any atom is -0.486 e. The van der Waals surface area contributed by atoms with Crippen LogP contribution in [0.3, 0.4) is 0 Å². The van der Waals surface area contributed by atoms with E-state index in [0.717, 1.165) is 22.0 Å². The van der Waals surface area contributed by atoms with Crippen molar-refractivity contribution in [2.24, 2.45) is 0 Å². The number of thiazole rings is 1. The minimum atomic E-state index is -0.0293. The van der Waals surface area contributed by atoms with Crippen molar-refractivity contribution in [2.75, 3.05) is 0 Å². The molecule has 0 fully saturated rings. The van der Waals surface area contributed by atoms with Crippen LogP contribution in [0, 0.1) is 20.8 Å². The molecule has 0 aliphatic rings. The van der Waals surface area contributed by atoms with Crippen LogP contribution in [0.15, 0.2) is 41.8 Å². The lowest BCUT2D eigenvalue weighted by atomic mass is 10.1. The molecule has 3 rings (SSSR count). The summed E-state index contributed by atoms with van der Waals surface area (Å²) in [5.74, 6) is 0.865. The number of rotatable bonds is 7. The summed E-state index contributed by atoms with van der Waals surface area (Å²) in [6, 6.07) is 11.2. The van der Waals surface area contributed by atoms with E-state index < -0.39 is 0 Å². The summed E-state index contributed by atoms with van der Waals surface area (Å²) in [5, 5.41) is 3.51. The highest BCUT2D eigenvalue weighted by Crippen LogP contribution is 2.25. The number of ether oxygens (including phenoxy) is 1. The summed E-state index contributed by atoms with van der Waals surface area (Å²) in [7, 11) is 0. The van der Waals surface area contributed by atoms with E-state index >= 15 is 0 Å². The molecule has 1 aromatic heterocycles. The van der Waals surface area contributed by atoms with Gasteiger partial charge in [0, 0.05) is 22.0 Å². The number of hydrogen-bond donors (Lipinski definition) is 0. The average Bonchev–Trinajstić information content (AvgIpc) is 3.15. The van der Waals surface area contributed by atoms with E-state index in [2.05, 4.69) is 32.9 Å². The Kier molecular flexibility index (Phi) is 7.16. The molecular weight excluding hydrogens is 416 g/mol. The van der Waals surface area contributed by atoms with Gasteiger partial charge in [0.15, 0.2) is 0 Å². The third-order valence-corrected chi connectivity index (χ3v) is 6.15. The highest BCUT2D eigenvalue weighted by molar-refractivity contribution is 7.09. The third-order valence-electron chi connectivity index (χ3n) is 5.02. The van der Waals surface area contributed by atoms with Crippen molar-refractivity contribution in [3.05, 3.63) is 79.8 Å². The van der Waals surface area contributed by atoms with Gasteiger partial charge in [-0.15, -0.1) is 11.3 Å². The van der Waals surface area contributed by atoms with Crippen molar-refractivity contribution in [3.63, 3.8) is 0 Å². The summed E-state index contributed by atoms with van der Waals surface area (Å²) >= 11 is 7.50. The lowest BCUT2D eigenvalue weighted by molar-refractivity contribution is 0.0688. The maximum absolute atomic E-state index is 13.0. The van der Waals surface area contributed by atoms with Crippen molar-refractivity contribution in [3.8, 4) is 5.75 Å². The Balaban J connectivity index is 1.68. The maximum Gasteiger partial charge on any atom is 0.254 e. The van der Waals surface area contributed by atoms with Crippen LogP contribution in [0.1, 0.15) is 51.6 Å². The number of halogens is 1. The van der Waals surface area contributed by atoms with Gasteiger partial charge >= 0.3 is 0 Å². The Labute approximate surface area is 187 Å². The SMILES string of the molecule is Cc1cc(C)c(C)c(OCc2nc(CN(C(=O)c3ccc(Cl)cc3)C(C)C)cs2)c1. The number of amides is 1. The molecule has 0 aliphatic carbocycles. The third kappa shape index (κ3) is 5.41. The van der Waals surface area contributed by atoms with Crippen LogP contribution in [0.25, 0.3) is 0 Å². The number of nitrogens with zero attached hydrogens (tertiary/aromatic N) is 2. The number of aromatic nitrogens is 1. The Morgan fingerprint density at radius 2 is 1.87 bits per heavy atom. The second-order valence-electron chi connectivity index (χ2n) is 7.76. The summed E-state index contributed by atoms with van der Waals surface area (Å²) in [4.78, 5) is 19.5. The Hall–Kier alpha value is -2.37. The molecule has 0 atom stereocenters. The second kappa shape index (κ2) is 9.63. The normalized spacial score (nSPS) is 11.0. The van der Waals surface area contributed by atoms with E-state index in [9.17, 15) is 4.79 Å². The van der Waals surface area contributed by atoms with Gasteiger partial charge in [0.1, 0.15) is 17.4 Å². The van der Waals surface area contributed by atoms with Crippen molar-refractivity contribution in [2.45, 2.75) is 53.8 Å². The Morgan fingerprint density at radius 1 is 1.17 bits per heavy atom. The molecule has 2 aromatic carbocycles. The molecule has 158 valence electrons. The highest BCUT2D eigenvalue weighted by Gasteiger charge is 2.20. The fourth-order valence-corrected chi connectivity index (χ4v) is 4.02. The average molecular weight is 443 g/mol.